The molecule has 4 nitrogen and oxygen atoms in total. The Labute approximate surface area is 141 Å². The van der Waals surface area contributed by atoms with E-state index in [0.29, 0.717) is 24.2 Å². The maximum atomic E-state index is 12.7. The maximum absolute atomic E-state index is 12.7. The molecule has 4 heteroatoms. The summed E-state index contributed by atoms with van der Waals surface area (Å²) in [5, 5.41) is 15.1. The molecular formula is C20H20N2O2. The van der Waals surface area contributed by atoms with E-state index in [4.69, 9.17) is 0 Å². The molecule has 0 bridgehead atoms. The van der Waals surface area contributed by atoms with Crippen molar-refractivity contribution in [3.8, 4) is 16.9 Å². The molecule has 0 fully saturated rings. The zero-order valence-corrected chi connectivity index (χ0v) is 13.9. The average Bonchev–Trinajstić information content (AvgIpc) is 2.60. The van der Waals surface area contributed by atoms with Crippen LogP contribution in [-0.2, 0) is 13.0 Å². The summed E-state index contributed by atoms with van der Waals surface area (Å²) < 4.78 is 1.42. The van der Waals surface area contributed by atoms with Gasteiger partial charge in [-0.3, -0.25) is 4.79 Å². The molecule has 0 saturated heterocycles. The van der Waals surface area contributed by atoms with Crippen molar-refractivity contribution in [1.29, 1.82) is 0 Å². The molecule has 0 amide bonds. The third-order valence-corrected chi connectivity index (χ3v) is 4.13. The Morgan fingerprint density at radius 2 is 1.71 bits per heavy atom. The first-order chi connectivity index (χ1) is 11.6. The molecule has 2 aromatic carbocycles. The van der Waals surface area contributed by atoms with E-state index in [-0.39, 0.29) is 11.3 Å². The van der Waals surface area contributed by atoms with Crippen molar-refractivity contribution in [1.82, 2.24) is 9.78 Å². The standard InChI is InChI=1S/C20H20N2O2/c1-3-22-20(24)18(16-12-8-7-9-14(16)2)19(23)17(21-22)13-15-10-5-4-6-11-15/h4-12,23H,3,13H2,1-2H3. The Morgan fingerprint density at radius 1 is 1.04 bits per heavy atom. The molecule has 122 valence electrons. The van der Waals surface area contributed by atoms with Gasteiger partial charge in [-0.2, -0.15) is 5.10 Å². The van der Waals surface area contributed by atoms with Gasteiger partial charge < -0.3 is 5.11 Å². The van der Waals surface area contributed by atoms with Crippen LogP contribution in [0.5, 0.6) is 5.75 Å². The molecule has 0 saturated carbocycles. The van der Waals surface area contributed by atoms with Gasteiger partial charge in [-0.1, -0.05) is 54.6 Å². The minimum absolute atomic E-state index is 0.0251. The number of aromatic hydroxyl groups is 1. The number of hydrogen-bond acceptors (Lipinski definition) is 3. The first-order valence-electron chi connectivity index (χ1n) is 8.04. The van der Waals surface area contributed by atoms with E-state index in [2.05, 4.69) is 5.10 Å². The fraction of sp³-hybridized carbons (Fsp3) is 0.200. The second-order valence-electron chi connectivity index (χ2n) is 5.77. The molecule has 1 aromatic heterocycles. The summed E-state index contributed by atoms with van der Waals surface area (Å²) in [5.74, 6) is -0.0251. The van der Waals surface area contributed by atoms with E-state index in [1.165, 1.54) is 4.68 Å². The molecule has 3 rings (SSSR count). The van der Waals surface area contributed by atoms with Crippen molar-refractivity contribution in [2.45, 2.75) is 26.8 Å². The summed E-state index contributed by atoms with van der Waals surface area (Å²) in [6.07, 6.45) is 0.478. The summed E-state index contributed by atoms with van der Waals surface area (Å²) in [5.41, 5.74) is 3.32. The molecular weight excluding hydrogens is 300 g/mol. The highest BCUT2D eigenvalue weighted by Gasteiger charge is 2.19. The number of nitrogens with zero attached hydrogens (tertiary/aromatic N) is 2. The molecule has 0 atom stereocenters. The lowest BCUT2D eigenvalue weighted by atomic mass is 9.99. The van der Waals surface area contributed by atoms with E-state index in [1.807, 2.05) is 68.4 Å². The zero-order valence-electron chi connectivity index (χ0n) is 13.9. The van der Waals surface area contributed by atoms with Gasteiger partial charge in [-0.15, -0.1) is 0 Å². The topological polar surface area (TPSA) is 55.1 Å². The highest BCUT2D eigenvalue weighted by Crippen LogP contribution is 2.31. The van der Waals surface area contributed by atoms with Gasteiger partial charge in [-0.05, 0) is 30.5 Å². The van der Waals surface area contributed by atoms with Crippen LogP contribution in [0.1, 0.15) is 23.7 Å². The van der Waals surface area contributed by atoms with E-state index >= 15 is 0 Å². The molecule has 0 radical (unpaired) electrons. The van der Waals surface area contributed by atoms with Crippen molar-refractivity contribution < 1.29 is 5.11 Å². The third-order valence-electron chi connectivity index (χ3n) is 4.13. The summed E-state index contributed by atoms with van der Waals surface area (Å²) in [4.78, 5) is 12.7. The van der Waals surface area contributed by atoms with Gasteiger partial charge in [0.1, 0.15) is 5.69 Å². The van der Waals surface area contributed by atoms with Crippen LogP contribution in [-0.4, -0.2) is 14.9 Å². The summed E-state index contributed by atoms with van der Waals surface area (Å²) in [6.45, 7) is 4.26. The van der Waals surface area contributed by atoms with Crippen LogP contribution in [0.15, 0.2) is 59.4 Å². The average molecular weight is 320 g/mol. The minimum Gasteiger partial charge on any atom is -0.505 e. The van der Waals surface area contributed by atoms with Gasteiger partial charge >= 0.3 is 0 Å². The smallest absolute Gasteiger partial charge is 0.278 e. The van der Waals surface area contributed by atoms with Crippen LogP contribution in [0.3, 0.4) is 0 Å². The van der Waals surface area contributed by atoms with Crippen molar-refractivity contribution in [3.05, 3.63) is 81.8 Å². The monoisotopic (exact) mass is 320 g/mol. The Kier molecular flexibility index (Phi) is 4.47. The third kappa shape index (κ3) is 2.95. The molecule has 3 aromatic rings. The van der Waals surface area contributed by atoms with Crippen molar-refractivity contribution in [2.24, 2.45) is 0 Å². The summed E-state index contributed by atoms with van der Waals surface area (Å²) >= 11 is 0. The van der Waals surface area contributed by atoms with Crippen LogP contribution in [0.25, 0.3) is 11.1 Å². The molecule has 0 aliphatic heterocycles. The first-order valence-corrected chi connectivity index (χ1v) is 8.04. The molecule has 0 spiro atoms. The predicted molar refractivity (Wildman–Crippen MR) is 95.3 cm³/mol. The van der Waals surface area contributed by atoms with E-state index < -0.39 is 0 Å². The van der Waals surface area contributed by atoms with E-state index in [0.717, 1.165) is 16.7 Å². The number of hydrogen-bond donors (Lipinski definition) is 1. The Morgan fingerprint density at radius 3 is 2.38 bits per heavy atom. The molecule has 0 unspecified atom stereocenters. The lowest BCUT2D eigenvalue weighted by molar-refractivity contribution is 0.454. The zero-order chi connectivity index (χ0) is 17.1. The van der Waals surface area contributed by atoms with Crippen LogP contribution in [0, 0.1) is 6.92 Å². The van der Waals surface area contributed by atoms with Gasteiger partial charge in [0, 0.05) is 13.0 Å². The van der Waals surface area contributed by atoms with Gasteiger partial charge in [0.2, 0.25) is 0 Å². The van der Waals surface area contributed by atoms with Gasteiger partial charge in [-0.25, -0.2) is 4.68 Å². The van der Waals surface area contributed by atoms with Crippen LogP contribution >= 0.6 is 0 Å². The Hall–Kier alpha value is -2.88. The largest absolute Gasteiger partial charge is 0.505 e. The van der Waals surface area contributed by atoms with Crippen molar-refractivity contribution >= 4 is 0 Å². The van der Waals surface area contributed by atoms with Crippen molar-refractivity contribution in [2.75, 3.05) is 0 Å². The lowest BCUT2D eigenvalue weighted by Gasteiger charge is -2.14. The second-order valence-corrected chi connectivity index (χ2v) is 5.77. The van der Waals surface area contributed by atoms with Crippen LogP contribution < -0.4 is 5.56 Å². The molecule has 1 N–H and O–H groups in total. The minimum atomic E-state index is -0.263. The molecule has 0 aliphatic rings. The number of aryl methyl sites for hydroxylation is 2. The Bertz CT molecular complexity index is 915. The fourth-order valence-electron chi connectivity index (χ4n) is 2.83. The van der Waals surface area contributed by atoms with Gasteiger partial charge in [0.15, 0.2) is 5.75 Å². The van der Waals surface area contributed by atoms with Crippen LogP contribution in [0.4, 0.5) is 0 Å². The normalized spacial score (nSPS) is 10.8. The highest BCUT2D eigenvalue weighted by atomic mass is 16.3. The van der Waals surface area contributed by atoms with Gasteiger partial charge in [0.05, 0.1) is 5.56 Å². The summed E-state index contributed by atoms with van der Waals surface area (Å²) in [7, 11) is 0. The predicted octanol–water partition coefficient (Wildman–Crippen LogP) is 3.54. The second kappa shape index (κ2) is 6.71. The number of aromatic nitrogens is 2. The first kappa shape index (κ1) is 16.0. The van der Waals surface area contributed by atoms with E-state index in [1.54, 1.807) is 0 Å². The fourth-order valence-corrected chi connectivity index (χ4v) is 2.83. The van der Waals surface area contributed by atoms with Crippen molar-refractivity contribution in [3.63, 3.8) is 0 Å². The number of benzene rings is 2. The van der Waals surface area contributed by atoms with Crippen LogP contribution in [0.2, 0.25) is 0 Å². The maximum Gasteiger partial charge on any atom is 0.278 e. The highest BCUT2D eigenvalue weighted by molar-refractivity contribution is 5.72. The van der Waals surface area contributed by atoms with Gasteiger partial charge in [0.25, 0.3) is 5.56 Å². The SMILES string of the molecule is CCn1nc(Cc2ccccc2)c(O)c(-c2ccccc2C)c1=O. The molecule has 1 heterocycles. The molecule has 24 heavy (non-hydrogen) atoms. The molecule has 0 aliphatic carbocycles. The number of rotatable bonds is 4. The van der Waals surface area contributed by atoms with E-state index in [9.17, 15) is 9.90 Å². The summed E-state index contributed by atoms with van der Waals surface area (Å²) in [6, 6.07) is 17.4. The Balaban J connectivity index is 2.20. The lowest BCUT2D eigenvalue weighted by Crippen LogP contribution is -2.25. The quantitative estimate of drug-likeness (QED) is 0.800.